The molecule has 1 atom stereocenters. The van der Waals surface area contributed by atoms with Gasteiger partial charge in [0, 0.05) is 22.8 Å². The molecule has 0 bridgehead atoms. The van der Waals surface area contributed by atoms with E-state index in [9.17, 15) is 5.11 Å². The zero-order valence-corrected chi connectivity index (χ0v) is 16.5. The number of phenolic OH excluding ortho intramolecular Hbond substituents is 1. The molecule has 0 radical (unpaired) electrons. The van der Waals surface area contributed by atoms with E-state index in [4.69, 9.17) is 4.74 Å². The van der Waals surface area contributed by atoms with Crippen LogP contribution in [0.4, 0.5) is 5.82 Å². The van der Waals surface area contributed by atoms with Crippen molar-refractivity contribution in [2.75, 3.05) is 11.9 Å². The van der Waals surface area contributed by atoms with Gasteiger partial charge < -0.3 is 15.2 Å². The lowest BCUT2D eigenvalue weighted by molar-refractivity contribution is 0.340. The molecule has 0 aliphatic heterocycles. The molecule has 0 aliphatic rings. The molecule has 0 spiro atoms. The van der Waals surface area contributed by atoms with Gasteiger partial charge in [-0.15, -0.1) is 0 Å². The molecule has 2 aromatic heterocycles. The minimum Gasteiger partial charge on any atom is -0.505 e. The smallest absolute Gasteiger partial charge is 0.147 e. The predicted molar refractivity (Wildman–Crippen MR) is 115 cm³/mol. The number of aromatic hydroxyl groups is 1. The zero-order valence-electron chi connectivity index (χ0n) is 16.5. The van der Waals surface area contributed by atoms with Crippen LogP contribution in [-0.2, 0) is 0 Å². The topological polar surface area (TPSA) is 67.3 Å². The van der Waals surface area contributed by atoms with E-state index < -0.39 is 0 Å². The average molecular weight is 385 g/mol. The Morgan fingerprint density at radius 1 is 1.00 bits per heavy atom. The Morgan fingerprint density at radius 3 is 2.59 bits per heavy atom. The summed E-state index contributed by atoms with van der Waals surface area (Å²) in [5, 5.41) is 15.4. The number of pyridine rings is 2. The monoisotopic (exact) mass is 385 g/mol. The van der Waals surface area contributed by atoms with Crippen molar-refractivity contribution in [1.29, 1.82) is 0 Å². The number of phenols is 1. The summed E-state index contributed by atoms with van der Waals surface area (Å²) in [6, 6.07) is 21.1. The highest BCUT2D eigenvalue weighted by Crippen LogP contribution is 2.36. The highest BCUT2D eigenvalue weighted by Gasteiger charge is 2.20. The summed E-state index contributed by atoms with van der Waals surface area (Å²) >= 11 is 0. The van der Waals surface area contributed by atoms with Gasteiger partial charge in [-0.25, -0.2) is 4.98 Å². The molecular formula is C24H23N3O2. The normalized spacial score (nSPS) is 11.9. The number of benzene rings is 2. The molecule has 0 unspecified atom stereocenters. The summed E-state index contributed by atoms with van der Waals surface area (Å²) in [6.45, 7) is 4.53. The SMILES string of the molecule is CCOc1ccc([C@@H](Nc2cccc(C)n2)c2ccc3cccnc3c2O)cc1. The maximum atomic E-state index is 11.0. The van der Waals surface area contributed by atoms with E-state index in [-0.39, 0.29) is 11.8 Å². The Balaban J connectivity index is 1.80. The van der Waals surface area contributed by atoms with Gasteiger partial charge >= 0.3 is 0 Å². The number of ether oxygens (including phenoxy) is 1. The Labute approximate surface area is 170 Å². The van der Waals surface area contributed by atoms with Gasteiger partial charge in [0.05, 0.1) is 12.6 Å². The summed E-state index contributed by atoms with van der Waals surface area (Å²) < 4.78 is 5.57. The van der Waals surface area contributed by atoms with Crippen LogP contribution in [0.2, 0.25) is 0 Å². The number of nitrogens with one attached hydrogen (secondary N) is 1. The van der Waals surface area contributed by atoms with Gasteiger partial charge in [-0.05, 0) is 49.7 Å². The number of nitrogens with zero attached hydrogens (tertiary/aromatic N) is 2. The van der Waals surface area contributed by atoms with Crippen molar-refractivity contribution < 1.29 is 9.84 Å². The van der Waals surface area contributed by atoms with Crippen LogP contribution in [0, 0.1) is 6.92 Å². The molecule has 4 rings (SSSR count). The summed E-state index contributed by atoms with van der Waals surface area (Å²) in [5.74, 6) is 1.72. The molecule has 0 aliphatic carbocycles. The number of aromatic nitrogens is 2. The van der Waals surface area contributed by atoms with Crippen LogP contribution in [-0.4, -0.2) is 21.7 Å². The van der Waals surface area contributed by atoms with Crippen LogP contribution in [0.15, 0.2) is 72.9 Å². The van der Waals surface area contributed by atoms with Gasteiger partial charge in [-0.1, -0.05) is 36.4 Å². The van der Waals surface area contributed by atoms with Crippen LogP contribution in [0.1, 0.15) is 29.8 Å². The standard InChI is InChI=1S/C24H23N3O2/c1-3-29-19-12-9-18(10-13-19)22(27-21-8-4-6-16(2)26-21)20-14-11-17-7-5-15-25-23(17)24(20)28/h4-15,22,28H,3H2,1-2H3,(H,26,27)/t22-/m1/s1. The maximum Gasteiger partial charge on any atom is 0.147 e. The number of hydrogen-bond donors (Lipinski definition) is 2. The molecule has 0 saturated carbocycles. The summed E-state index contributed by atoms with van der Waals surface area (Å²) in [7, 11) is 0. The lowest BCUT2D eigenvalue weighted by Gasteiger charge is -2.22. The first-order valence-electron chi connectivity index (χ1n) is 9.65. The van der Waals surface area contributed by atoms with Crippen molar-refractivity contribution in [1.82, 2.24) is 9.97 Å². The second kappa shape index (κ2) is 8.19. The van der Waals surface area contributed by atoms with E-state index in [0.717, 1.165) is 33.8 Å². The highest BCUT2D eigenvalue weighted by atomic mass is 16.5. The molecule has 2 heterocycles. The van der Waals surface area contributed by atoms with E-state index in [1.54, 1.807) is 6.20 Å². The van der Waals surface area contributed by atoms with Crippen LogP contribution in [0.3, 0.4) is 0 Å². The lowest BCUT2D eigenvalue weighted by atomic mass is 9.96. The van der Waals surface area contributed by atoms with Gasteiger partial charge in [0.1, 0.15) is 22.8 Å². The second-order valence-electron chi connectivity index (χ2n) is 6.82. The molecule has 29 heavy (non-hydrogen) atoms. The Hall–Kier alpha value is -3.60. The van der Waals surface area contributed by atoms with E-state index >= 15 is 0 Å². The van der Waals surface area contributed by atoms with E-state index in [1.807, 2.05) is 80.6 Å². The fourth-order valence-electron chi connectivity index (χ4n) is 3.41. The van der Waals surface area contributed by atoms with Gasteiger partial charge in [0.15, 0.2) is 0 Å². The largest absolute Gasteiger partial charge is 0.505 e. The van der Waals surface area contributed by atoms with Gasteiger partial charge in [-0.2, -0.15) is 0 Å². The minimum absolute atomic E-state index is 0.169. The summed E-state index contributed by atoms with van der Waals surface area (Å²) in [5.41, 5.74) is 3.23. The van der Waals surface area contributed by atoms with Crippen LogP contribution < -0.4 is 10.1 Å². The Kier molecular flexibility index (Phi) is 5.29. The Bertz CT molecular complexity index is 1130. The third-order valence-electron chi connectivity index (χ3n) is 4.80. The maximum absolute atomic E-state index is 11.0. The third kappa shape index (κ3) is 3.99. The lowest BCUT2D eigenvalue weighted by Crippen LogP contribution is -2.14. The van der Waals surface area contributed by atoms with Gasteiger partial charge in [-0.3, -0.25) is 4.98 Å². The minimum atomic E-state index is -0.300. The van der Waals surface area contributed by atoms with Crippen molar-refractivity contribution in [2.24, 2.45) is 0 Å². The quantitative estimate of drug-likeness (QED) is 0.475. The third-order valence-corrected chi connectivity index (χ3v) is 4.80. The van der Waals surface area contributed by atoms with Crippen molar-refractivity contribution in [3.63, 3.8) is 0 Å². The van der Waals surface area contributed by atoms with Crippen molar-refractivity contribution in [3.8, 4) is 11.5 Å². The van der Waals surface area contributed by atoms with E-state index in [0.29, 0.717) is 12.1 Å². The average Bonchev–Trinajstić information content (AvgIpc) is 2.74. The number of rotatable bonds is 6. The number of anilines is 1. The molecule has 5 nitrogen and oxygen atoms in total. The number of hydrogen-bond acceptors (Lipinski definition) is 5. The van der Waals surface area contributed by atoms with E-state index in [2.05, 4.69) is 15.3 Å². The predicted octanol–water partition coefficient (Wildman–Crippen LogP) is 5.24. The fourth-order valence-corrected chi connectivity index (χ4v) is 3.41. The molecule has 0 saturated heterocycles. The van der Waals surface area contributed by atoms with Crippen molar-refractivity contribution in [3.05, 3.63) is 89.7 Å². The molecule has 2 N–H and O–H groups in total. The van der Waals surface area contributed by atoms with Crippen molar-refractivity contribution >= 4 is 16.7 Å². The molecular weight excluding hydrogens is 362 g/mol. The van der Waals surface area contributed by atoms with Crippen LogP contribution >= 0.6 is 0 Å². The van der Waals surface area contributed by atoms with Gasteiger partial charge in [0.2, 0.25) is 0 Å². The van der Waals surface area contributed by atoms with E-state index in [1.165, 1.54) is 0 Å². The summed E-state index contributed by atoms with van der Waals surface area (Å²) in [4.78, 5) is 8.93. The molecule has 146 valence electrons. The number of aryl methyl sites for hydroxylation is 1. The Morgan fingerprint density at radius 2 is 1.83 bits per heavy atom. The first kappa shape index (κ1) is 18.7. The number of fused-ring (bicyclic) bond motifs is 1. The molecule has 4 aromatic rings. The molecule has 2 aromatic carbocycles. The van der Waals surface area contributed by atoms with Crippen LogP contribution in [0.25, 0.3) is 10.9 Å². The first-order valence-corrected chi connectivity index (χ1v) is 9.65. The first-order chi connectivity index (χ1) is 14.2. The van der Waals surface area contributed by atoms with Crippen molar-refractivity contribution in [2.45, 2.75) is 19.9 Å². The summed E-state index contributed by atoms with van der Waals surface area (Å²) in [6.07, 6.45) is 1.69. The second-order valence-corrected chi connectivity index (χ2v) is 6.82. The fraction of sp³-hybridized carbons (Fsp3) is 0.167. The van der Waals surface area contributed by atoms with Crippen LogP contribution in [0.5, 0.6) is 11.5 Å². The molecule has 0 amide bonds. The zero-order chi connectivity index (χ0) is 20.2. The highest BCUT2D eigenvalue weighted by molar-refractivity contribution is 5.86. The molecule has 5 heteroatoms. The molecule has 0 fully saturated rings. The van der Waals surface area contributed by atoms with Gasteiger partial charge in [0.25, 0.3) is 0 Å².